The number of hydrogen-bond donors (Lipinski definition) is 2. The van der Waals surface area contributed by atoms with Gasteiger partial charge in [0.05, 0.1) is 11.4 Å². The van der Waals surface area contributed by atoms with Crippen LogP contribution < -0.4 is 15.5 Å². The van der Waals surface area contributed by atoms with Gasteiger partial charge in [-0.15, -0.1) is 0 Å². The lowest BCUT2D eigenvalue weighted by atomic mass is 9.84. The van der Waals surface area contributed by atoms with Crippen LogP contribution in [0.2, 0.25) is 0 Å². The van der Waals surface area contributed by atoms with Crippen LogP contribution in [0.25, 0.3) is 0 Å². The second-order valence-corrected chi connectivity index (χ2v) is 9.99. The Morgan fingerprint density at radius 2 is 1.74 bits per heavy atom. The summed E-state index contributed by atoms with van der Waals surface area (Å²) in [5.74, 6) is -1.00. The molecule has 2 aliphatic heterocycles. The Labute approximate surface area is 199 Å². The second kappa shape index (κ2) is 8.59. The Morgan fingerprint density at radius 1 is 1.06 bits per heavy atom. The highest BCUT2D eigenvalue weighted by atomic mass is 16.2. The Kier molecular flexibility index (Phi) is 5.93. The van der Waals surface area contributed by atoms with Crippen molar-refractivity contribution in [2.45, 2.75) is 51.5 Å². The first kappa shape index (κ1) is 23.5. The molecule has 2 heterocycles. The molecule has 4 rings (SSSR count). The molecule has 2 aromatic rings. The minimum absolute atomic E-state index is 0.00374. The van der Waals surface area contributed by atoms with Crippen molar-refractivity contribution in [1.82, 2.24) is 10.2 Å². The van der Waals surface area contributed by atoms with Crippen molar-refractivity contribution in [2.75, 3.05) is 23.3 Å². The number of rotatable bonds is 5. The number of nitrogens with one attached hydrogen (secondary N) is 2. The fourth-order valence-corrected chi connectivity index (χ4v) is 4.39. The molecule has 0 aliphatic carbocycles. The van der Waals surface area contributed by atoms with Crippen LogP contribution in [0.4, 0.5) is 16.2 Å². The number of imide groups is 1. The average Bonchev–Trinajstić information content (AvgIpc) is 3.30. The molecular weight excluding hydrogens is 432 g/mol. The van der Waals surface area contributed by atoms with Crippen LogP contribution in [0.3, 0.4) is 0 Å². The number of benzene rings is 2. The number of urea groups is 1. The third-order valence-electron chi connectivity index (χ3n) is 6.45. The van der Waals surface area contributed by atoms with Crippen molar-refractivity contribution < 1.29 is 19.2 Å². The highest BCUT2D eigenvalue weighted by Gasteiger charge is 2.49. The van der Waals surface area contributed by atoms with Crippen LogP contribution in [0.1, 0.15) is 51.7 Å². The minimum atomic E-state index is -1.26. The van der Waals surface area contributed by atoms with Crippen LogP contribution in [0.5, 0.6) is 0 Å². The van der Waals surface area contributed by atoms with Crippen LogP contribution in [-0.2, 0) is 25.3 Å². The second-order valence-electron chi connectivity index (χ2n) is 9.99. The summed E-state index contributed by atoms with van der Waals surface area (Å²) in [6, 6.07) is 14.0. The summed E-state index contributed by atoms with van der Waals surface area (Å²) >= 11 is 0. The number of para-hydroxylation sites is 2. The number of amides is 5. The molecular formula is C26H30N4O4. The summed E-state index contributed by atoms with van der Waals surface area (Å²) in [5, 5.41) is 5.50. The summed E-state index contributed by atoms with van der Waals surface area (Å²) in [7, 11) is 0. The normalized spacial score (nSPS) is 20.6. The lowest BCUT2D eigenvalue weighted by Crippen LogP contribution is -2.42. The van der Waals surface area contributed by atoms with Crippen molar-refractivity contribution in [2.24, 2.45) is 0 Å². The summed E-state index contributed by atoms with van der Waals surface area (Å²) < 4.78 is 0. The number of nitrogens with zero attached hydrogens (tertiary/aromatic N) is 2. The van der Waals surface area contributed by atoms with E-state index in [-0.39, 0.29) is 11.3 Å². The van der Waals surface area contributed by atoms with Gasteiger partial charge in [0, 0.05) is 13.0 Å². The molecule has 2 N–H and O–H groups in total. The molecule has 1 unspecified atom stereocenters. The van der Waals surface area contributed by atoms with Gasteiger partial charge in [0.1, 0.15) is 12.1 Å². The number of anilines is 2. The largest absolute Gasteiger partial charge is 0.325 e. The molecule has 2 aliphatic rings. The Bertz CT molecular complexity index is 1150. The van der Waals surface area contributed by atoms with E-state index in [1.165, 1.54) is 0 Å². The smallest absolute Gasteiger partial charge is 0.323 e. The van der Waals surface area contributed by atoms with Gasteiger partial charge < -0.3 is 15.5 Å². The summed E-state index contributed by atoms with van der Waals surface area (Å²) in [5.41, 5.74) is 1.55. The summed E-state index contributed by atoms with van der Waals surface area (Å²) in [4.78, 5) is 53.5. The Hall–Kier alpha value is -3.68. The van der Waals surface area contributed by atoms with Gasteiger partial charge in [-0.2, -0.15) is 0 Å². The Balaban J connectivity index is 1.49. The summed E-state index contributed by atoms with van der Waals surface area (Å²) in [6.07, 6.45) is 1.24. The monoisotopic (exact) mass is 462 g/mol. The highest BCUT2D eigenvalue weighted by molar-refractivity contribution is 6.11. The van der Waals surface area contributed by atoms with E-state index in [2.05, 4.69) is 31.4 Å². The molecule has 0 aromatic heterocycles. The van der Waals surface area contributed by atoms with Gasteiger partial charge in [0.25, 0.3) is 5.91 Å². The molecule has 8 heteroatoms. The SMILES string of the molecule is CC(C)(C)c1ccc(C2(C)NC(=O)N(CC(=O)Nc3ccccc3N3CCCC3=O)C2=O)cc1. The first-order chi connectivity index (χ1) is 16.0. The van der Waals surface area contributed by atoms with Crippen molar-refractivity contribution in [1.29, 1.82) is 0 Å². The first-order valence-electron chi connectivity index (χ1n) is 11.4. The molecule has 178 valence electrons. The third kappa shape index (κ3) is 4.27. The molecule has 8 nitrogen and oxygen atoms in total. The van der Waals surface area contributed by atoms with Gasteiger partial charge >= 0.3 is 6.03 Å². The van der Waals surface area contributed by atoms with E-state index >= 15 is 0 Å². The zero-order chi connectivity index (χ0) is 24.7. The van der Waals surface area contributed by atoms with E-state index in [0.29, 0.717) is 29.9 Å². The van der Waals surface area contributed by atoms with Crippen molar-refractivity contribution in [3.05, 3.63) is 59.7 Å². The van der Waals surface area contributed by atoms with Crippen LogP contribution in [-0.4, -0.2) is 41.7 Å². The van der Waals surface area contributed by atoms with Crippen molar-refractivity contribution in [3.63, 3.8) is 0 Å². The molecule has 0 radical (unpaired) electrons. The molecule has 2 aromatic carbocycles. The quantitative estimate of drug-likeness (QED) is 0.664. The zero-order valence-corrected chi connectivity index (χ0v) is 20.0. The van der Waals surface area contributed by atoms with Crippen LogP contribution in [0, 0.1) is 0 Å². The maximum atomic E-state index is 13.2. The molecule has 5 amide bonds. The molecule has 2 fully saturated rings. The zero-order valence-electron chi connectivity index (χ0n) is 20.0. The number of carbonyl (C=O) groups excluding carboxylic acids is 4. The summed E-state index contributed by atoms with van der Waals surface area (Å²) in [6.45, 7) is 8.11. The van der Waals surface area contributed by atoms with E-state index in [9.17, 15) is 19.2 Å². The molecule has 1 atom stereocenters. The number of carbonyl (C=O) groups is 4. The number of hydrogen-bond acceptors (Lipinski definition) is 4. The maximum absolute atomic E-state index is 13.2. The topological polar surface area (TPSA) is 98.8 Å². The van der Waals surface area contributed by atoms with Crippen molar-refractivity contribution >= 4 is 35.1 Å². The fraction of sp³-hybridized carbons (Fsp3) is 0.385. The minimum Gasteiger partial charge on any atom is -0.323 e. The standard InChI is InChI=1S/C26H30N4O4/c1-25(2,3)17-11-13-18(14-12-17)26(4)23(33)30(24(34)28-26)16-21(31)27-19-8-5-6-9-20(19)29-15-7-10-22(29)32/h5-6,8-9,11-14H,7,10,15-16H2,1-4H3,(H,27,31)(H,28,34). The first-order valence-corrected chi connectivity index (χ1v) is 11.4. The molecule has 0 spiro atoms. The molecule has 34 heavy (non-hydrogen) atoms. The predicted molar refractivity (Wildman–Crippen MR) is 129 cm³/mol. The molecule has 0 saturated carbocycles. The molecule has 2 saturated heterocycles. The van der Waals surface area contributed by atoms with E-state index in [4.69, 9.17) is 0 Å². The van der Waals surface area contributed by atoms with E-state index < -0.39 is 29.9 Å². The van der Waals surface area contributed by atoms with Crippen LogP contribution >= 0.6 is 0 Å². The van der Waals surface area contributed by atoms with Gasteiger partial charge in [0.15, 0.2) is 0 Å². The van der Waals surface area contributed by atoms with Crippen molar-refractivity contribution in [3.8, 4) is 0 Å². The lowest BCUT2D eigenvalue weighted by Gasteiger charge is -2.24. The lowest BCUT2D eigenvalue weighted by molar-refractivity contribution is -0.133. The van der Waals surface area contributed by atoms with Crippen LogP contribution in [0.15, 0.2) is 48.5 Å². The highest BCUT2D eigenvalue weighted by Crippen LogP contribution is 2.32. The van der Waals surface area contributed by atoms with E-state index in [1.807, 2.05) is 24.3 Å². The van der Waals surface area contributed by atoms with Gasteiger partial charge in [-0.25, -0.2) is 4.79 Å². The van der Waals surface area contributed by atoms with E-state index in [1.54, 1.807) is 36.1 Å². The van der Waals surface area contributed by atoms with Gasteiger partial charge in [0.2, 0.25) is 11.8 Å². The maximum Gasteiger partial charge on any atom is 0.325 e. The van der Waals surface area contributed by atoms with E-state index in [0.717, 1.165) is 16.9 Å². The third-order valence-corrected chi connectivity index (χ3v) is 6.45. The van der Waals surface area contributed by atoms with Gasteiger partial charge in [-0.1, -0.05) is 57.2 Å². The van der Waals surface area contributed by atoms with Gasteiger partial charge in [-0.3, -0.25) is 19.3 Å². The van der Waals surface area contributed by atoms with Gasteiger partial charge in [-0.05, 0) is 42.0 Å². The fourth-order valence-electron chi connectivity index (χ4n) is 4.39. The average molecular weight is 463 g/mol. The molecule has 0 bridgehead atoms. The predicted octanol–water partition coefficient (Wildman–Crippen LogP) is 3.52. The Morgan fingerprint density at radius 3 is 2.35 bits per heavy atom.